The first-order chi connectivity index (χ1) is 8.85. The van der Waals surface area contributed by atoms with Gasteiger partial charge in [0.05, 0.1) is 5.41 Å². The molecule has 2 N–H and O–H groups in total. The Balaban J connectivity index is 1.91. The average molecular weight is 265 g/mol. The molecule has 4 saturated carbocycles. The van der Waals surface area contributed by atoms with Gasteiger partial charge in [0.1, 0.15) is 0 Å². The lowest BCUT2D eigenvalue weighted by atomic mass is 9.43. The number of carboxylic acids is 1. The molecule has 0 spiro atoms. The second-order valence-corrected chi connectivity index (χ2v) is 7.33. The summed E-state index contributed by atoms with van der Waals surface area (Å²) >= 11 is 0. The van der Waals surface area contributed by atoms with E-state index < -0.39 is 11.4 Å². The summed E-state index contributed by atoms with van der Waals surface area (Å²) in [6.07, 6.45) is 5.86. The molecule has 2 unspecified atom stereocenters. The molecule has 4 rings (SSSR count). The number of nitrogens with one attached hydrogen (secondary N) is 1. The van der Waals surface area contributed by atoms with E-state index in [0.29, 0.717) is 11.8 Å². The summed E-state index contributed by atoms with van der Waals surface area (Å²) in [6.45, 7) is 3.61. The highest BCUT2D eigenvalue weighted by Gasteiger charge is 2.62. The Bertz CT molecular complexity index is 417. The number of carboxylic acid groups (broad SMARTS) is 1. The topological polar surface area (TPSA) is 66.4 Å². The molecular formula is C15H23NO3. The number of rotatable bonds is 3. The van der Waals surface area contributed by atoms with Crippen molar-refractivity contribution in [3.63, 3.8) is 0 Å². The zero-order valence-electron chi connectivity index (χ0n) is 11.7. The van der Waals surface area contributed by atoms with Crippen LogP contribution >= 0.6 is 0 Å². The zero-order valence-corrected chi connectivity index (χ0v) is 11.7. The third-order valence-electron chi connectivity index (χ3n) is 5.90. The van der Waals surface area contributed by atoms with Crippen LogP contribution in [0, 0.1) is 22.7 Å². The van der Waals surface area contributed by atoms with E-state index in [0.717, 1.165) is 32.1 Å². The minimum absolute atomic E-state index is 0.00683. The average Bonchev–Trinajstić information content (AvgIpc) is 2.25. The molecule has 5 atom stereocenters. The summed E-state index contributed by atoms with van der Waals surface area (Å²) in [6, 6.07) is 0.0922. The van der Waals surface area contributed by atoms with Crippen molar-refractivity contribution < 1.29 is 14.7 Å². The van der Waals surface area contributed by atoms with E-state index in [9.17, 15) is 14.7 Å². The number of carbonyl (C=O) groups is 2. The number of hydrogen-bond acceptors (Lipinski definition) is 2. The molecule has 0 heterocycles. The number of hydrogen-bond donors (Lipinski definition) is 2. The van der Waals surface area contributed by atoms with Crippen LogP contribution in [0.15, 0.2) is 0 Å². The van der Waals surface area contributed by atoms with Crippen LogP contribution < -0.4 is 5.32 Å². The SMILES string of the molecule is CC(=O)N[C@@H](C)C12C[C@@H]3C[C@@H](CC(C(=O)O)(C3)C1)C2. The third-order valence-corrected chi connectivity index (χ3v) is 5.90. The van der Waals surface area contributed by atoms with Gasteiger partial charge in [0.15, 0.2) is 0 Å². The molecular weight excluding hydrogens is 242 g/mol. The molecule has 4 heteroatoms. The minimum Gasteiger partial charge on any atom is -0.481 e. The first kappa shape index (κ1) is 12.9. The Hall–Kier alpha value is -1.06. The van der Waals surface area contributed by atoms with Crippen LogP contribution in [0.25, 0.3) is 0 Å². The van der Waals surface area contributed by atoms with Crippen molar-refractivity contribution in [2.24, 2.45) is 22.7 Å². The van der Waals surface area contributed by atoms with E-state index in [2.05, 4.69) is 12.2 Å². The molecule has 4 aliphatic carbocycles. The van der Waals surface area contributed by atoms with Crippen LogP contribution in [0.5, 0.6) is 0 Å². The van der Waals surface area contributed by atoms with Crippen molar-refractivity contribution in [1.82, 2.24) is 5.32 Å². The Kier molecular flexibility index (Phi) is 2.70. The Labute approximate surface area is 113 Å². The normalized spacial score (nSPS) is 44.9. The van der Waals surface area contributed by atoms with E-state index in [1.165, 1.54) is 6.42 Å². The van der Waals surface area contributed by atoms with E-state index in [-0.39, 0.29) is 17.4 Å². The predicted molar refractivity (Wildman–Crippen MR) is 70.5 cm³/mol. The lowest BCUT2D eigenvalue weighted by molar-refractivity contribution is -0.177. The maximum atomic E-state index is 11.8. The fourth-order valence-electron chi connectivity index (χ4n) is 5.55. The Morgan fingerprint density at radius 1 is 1.21 bits per heavy atom. The lowest BCUT2D eigenvalue weighted by Gasteiger charge is -2.62. The van der Waals surface area contributed by atoms with Gasteiger partial charge >= 0.3 is 5.97 Å². The van der Waals surface area contributed by atoms with Crippen molar-refractivity contribution in [3.8, 4) is 0 Å². The summed E-state index contributed by atoms with van der Waals surface area (Å²) in [5.74, 6) is 0.482. The van der Waals surface area contributed by atoms with Gasteiger partial charge in [0.25, 0.3) is 0 Å². The summed E-state index contributed by atoms with van der Waals surface area (Å²) in [5, 5.41) is 12.7. The predicted octanol–water partition coefficient (Wildman–Crippen LogP) is 2.18. The standard InChI is InChI=1S/C15H23NO3/c1-9(16-10(2)17)14-4-11-3-12(5-14)7-15(6-11,8-14)13(18)19/h9,11-12H,3-8H2,1-2H3,(H,16,17)(H,18,19)/t9-,11-,12+,14?,15?/m0/s1. The monoisotopic (exact) mass is 265 g/mol. The number of aliphatic carboxylic acids is 1. The maximum absolute atomic E-state index is 11.8. The summed E-state index contributed by atoms with van der Waals surface area (Å²) < 4.78 is 0. The molecule has 106 valence electrons. The Morgan fingerprint density at radius 3 is 2.26 bits per heavy atom. The fourth-order valence-corrected chi connectivity index (χ4v) is 5.55. The second-order valence-electron chi connectivity index (χ2n) is 7.33. The van der Waals surface area contributed by atoms with Crippen LogP contribution in [0.4, 0.5) is 0 Å². The number of amides is 1. The van der Waals surface area contributed by atoms with Crippen molar-refractivity contribution >= 4 is 11.9 Å². The molecule has 1 amide bonds. The van der Waals surface area contributed by atoms with E-state index in [1.54, 1.807) is 6.92 Å². The molecule has 0 saturated heterocycles. The fraction of sp³-hybridized carbons (Fsp3) is 0.867. The molecule has 4 fully saturated rings. The molecule has 4 nitrogen and oxygen atoms in total. The van der Waals surface area contributed by atoms with Gasteiger partial charge < -0.3 is 10.4 Å². The van der Waals surface area contributed by atoms with E-state index in [1.807, 2.05) is 0 Å². The van der Waals surface area contributed by atoms with Crippen LogP contribution in [0.1, 0.15) is 52.4 Å². The van der Waals surface area contributed by atoms with Crippen LogP contribution in [0.3, 0.4) is 0 Å². The summed E-state index contributed by atoms with van der Waals surface area (Å²) in [7, 11) is 0. The first-order valence-corrected chi connectivity index (χ1v) is 7.36. The van der Waals surface area contributed by atoms with Crippen molar-refractivity contribution in [3.05, 3.63) is 0 Å². The largest absolute Gasteiger partial charge is 0.481 e. The summed E-state index contributed by atoms with van der Waals surface area (Å²) in [4.78, 5) is 23.1. The minimum atomic E-state index is -0.610. The molecule has 4 bridgehead atoms. The van der Waals surface area contributed by atoms with Crippen molar-refractivity contribution in [1.29, 1.82) is 0 Å². The van der Waals surface area contributed by atoms with Gasteiger partial charge in [-0.3, -0.25) is 9.59 Å². The van der Waals surface area contributed by atoms with Crippen LogP contribution in [0.2, 0.25) is 0 Å². The van der Waals surface area contributed by atoms with E-state index >= 15 is 0 Å². The van der Waals surface area contributed by atoms with Gasteiger partial charge in [0, 0.05) is 13.0 Å². The molecule has 0 aliphatic heterocycles. The van der Waals surface area contributed by atoms with Gasteiger partial charge in [-0.25, -0.2) is 0 Å². The summed E-state index contributed by atoms with van der Waals surface area (Å²) in [5.41, 5.74) is -0.481. The molecule has 19 heavy (non-hydrogen) atoms. The first-order valence-electron chi connectivity index (χ1n) is 7.36. The highest BCUT2D eigenvalue weighted by atomic mass is 16.4. The maximum Gasteiger partial charge on any atom is 0.309 e. The quantitative estimate of drug-likeness (QED) is 0.822. The molecule has 0 radical (unpaired) electrons. The Morgan fingerprint density at radius 2 is 1.79 bits per heavy atom. The van der Waals surface area contributed by atoms with Gasteiger partial charge in [-0.2, -0.15) is 0 Å². The molecule has 0 aromatic heterocycles. The van der Waals surface area contributed by atoms with Crippen molar-refractivity contribution in [2.45, 2.75) is 58.4 Å². The van der Waals surface area contributed by atoms with E-state index in [4.69, 9.17) is 0 Å². The van der Waals surface area contributed by atoms with Crippen LogP contribution in [-0.4, -0.2) is 23.0 Å². The van der Waals surface area contributed by atoms with Gasteiger partial charge in [-0.15, -0.1) is 0 Å². The third kappa shape index (κ3) is 1.87. The lowest BCUT2D eigenvalue weighted by Crippen LogP contribution is -2.60. The van der Waals surface area contributed by atoms with Crippen LogP contribution in [-0.2, 0) is 9.59 Å². The molecule has 4 aliphatic rings. The highest BCUT2D eigenvalue weighted by molar-refractivity contribution is 5.76. The second kappa shape index (κ2) is 3.97. The molecule has 0 aromatic rings. The number of carbonyl (C=O) groups excluding carboxylic acids is 1. The smallest absolute Gasteiger partial charge is 0.309 e. The highest BCUT2D eigenvalue weighted by Crippen LogP contribution is 2.66. The van der Waals surface area contributed by atoms with Gasteiger partial charge in [0.2, 0.25) is 5.91 Å². The van der Waals surface area contributed by atoms with Crippen molar-refractivity contribution in [2.75, 3.05) is 0 Å². The van der Waals surface area contributed by atoms with Gasteiger partial charge in [-0.05, 0) is 62.7 Å². The zero-order chi connectivity index (χ0) is 13.8. The molecule has 0 aromatic carbocycles. The van der Waals surface area contributed by atoms with Gasteiger partial charge in [-0.1, -0.05) is 0 Å².